The fourth-order valence-corrected chi connectivity index (χ4v) is 2.78. The van der Waals surface area contributed by atoms with Crippen LogP contribution in [0.4, 0.5) is 4.79 Å². The van der Waals surface area contributed by atoms with Crippen molar-refractivity contribution in [3.8, 4) is 11.5 Å². The summed E-state index contributed by atoms with van der Waals surface area (Å²) in [6, 6.07) is 15.4. The SMILES string of the molecule is CCOc1ccccc1CNC(=O)N[C@H]1COc2ccccc2C1. The summed E-state index contributed by atoms with van der Waals surface area (Å²) in [4.78, 5) is 12.1. The first-order chi connectivity index (χ1) is 11.8. The summed E-state index contributed by atoms with van der Waals surface area (Å²) in [5, 5.41) is 5.85. The molecule has 1 aliphatic heterocycles. The van der Waals surface area contributed by atoms with E-state index in [-0.39, 0.29) is 12.1 Å². The second-order valence-corrected chi connectivity index (χ2v) is 5.69. The minimum Gasteiger partial charge on any atom is -0.494 e. The maximum Gasteiger partial charge on any atom is 0.315 e. The highest BCUT2D eigenvalue weighted by atomic mass is 16.5. The molecule has 0 aromatic heterocycles. The number of carbonyl (C=O) groups excluding carboxylic acids is 1. The van der Waals surface area contributed by atoms with Crippen molar-refractivity contribution in [1.29, 1.82) is 0 Å². The first kappa shape index (κ1) is 16.2. The van der Waals surface area contributed by atoms with E-state index in [9.17, 15) is 4.79 Å². The highest BCUT2D eigenvalue weighted by Gasteiger charge is 2.20. The maximum atomic E-state index is 12.1. The molecule has 3 rings (SSSR count). The molecule has 24 heavy (non-hydrogen) atoms. The van der Waals surface area contributed by atoms with Crippen molar-refractivity contribution in [3.63, 3.8) is 0 Å². The van der Waals surface area contributed by atoms with E-state index in [0.29, 0.717) is 19.8 Å². The molecule has 2 aromatic rings. The highest BCUT2D eigenvalue weighted by molar-refractivity contribution is 5.74. The van der Waals surface area contributed by atoms with Gasteiger partial charge in [-0.15, -0.1) is 0 Å². The summed E-state index contributed by atoms with van der Waals surface area (Å²) in [6.07, 6.45) is 0.777. The van der Waals surface area contributed by atoms with Gasteiger partial charge in [0.05, 0.1) is 12.6 Å². The van der Waals surface area contributed by atoms with Crippen LogP contribution in [0.1, 0.15) is 18.1 Å². The van der Waals surface area contributed by atoms with E-state index in [2.05, 4.69) is 10.6 Å². The van der Waals surface area contributed by atoms with Crippen LogP contribution in [0, 0.1) is 0 Å². The largest absolute Gasteiger partial charge is 0.494 e. The molecule has 2 aromatic carbocycles. The number of ether oxygens (including phenoxy) is 2. The second-order valence-electron chi connectivity index (χ2n) is 5.69. The number of carbonyl (C=O) groups is 1. The van der Waals surface area contributed by atoms with Crippen LogP contribution in [0.5, 0.6) is 11.5 Å². The van der Waals surface area contributed by atoms with Gasteiger partial charge in [0.25, 0.3) is 0 Å². The Bertz CT molecular complexity index is 703. The minimum absolute atomic E-state index is 0.0259. The molecule has 0 aliphatic carbocycles. The standard InChI is InChI=1S/C19H22N2O3/c1-2-23-18-10-6-4-8-15(18)12-20-19(22)21-16-11-14-7-3-5-9-17(14)24-13-16/h3-10,16H,2,11-13H2,1H3,(H2,20,21,22)/t16-/m1/s1. The van der Waals surface area contributed by atoms with Crippen LogP contribution >= 0.6 is 0 Å². The average Bonchev–Trinajstić information content (AvgIpc) is 2.61. The van der Waals surface area contributed by atoms with Gasteiger partial charge in [0.15, 0.2) is 0 Å². The molecule has 0 saturated heterocycles. The molecule has 1 aliphatic rings. The van der Waals surface area contributed by atoms with Gasteiger partial charge in [0, 0.05) is 12.1 Å². The summed E-state index contributed by atoms with van der Waals surface area (Å²) >= 11 is 0. The van der Waals surface area contributed by atoms with Crippen LogP contribution in [0.3, 0.4) is 0 Å². The van der Waals surface area contributed by atoms with Gasteiger partial charge in [-0.3, -0.25) is 0 Å². The summed E-state index contributed by atoms with van der Waals surface area (Å²) in [6.45, 7) is 3.45. The van der Waals surface area contributed by atoms with Crippen molar-refractivity contribution < 1.29 is 14.3 Å². The zero-order valence-electron chi connectivity index (χ0n) is 13.7. The van der Waals surface area contributed by atoms with Gasteiger partial charge in [-0.2, -0.15) is 0 Å². The van der Waals surface area contributed by atoms with E-state index in [1.807, 2.05) is 55.5 Å². The first-order valence-electron chi connectivity index (χ1n) is 8.22. The Labute approximate surface area is 142 Å². The lowest BCUT2D eigenvalue weighted by Gasteiger charge is -2.26. The highest BCUT2D eigenvalue weighted by Crippen LogP contribution is 2.23. The van der Waals surface area contributed by atoms with Crippen LogP contribution in [-0.4, -0.2) is 25.3 Å². The van der Waals surface area contributed by atoms with E-state index >= 15 is 0 Å². The number of nitrogens with one attached hydrogen (secondary N) is 2. The Morgan fingerprint density at radius 2 is 2.00 bits per heavy atom. The average molecular weight is 326 g/mol. The number of hydrogen-bond donors (Lipinski definition) is 2. The lowest BCUT2D eigenvalue weighted by Crippen LogP contribution is -2.47. The van der Waals surface area contributed by atoms with Crippen molar-refractivity contribution in [3.05, 3.63) is 59.7 Å². The molecule has 0 bridgehead atoms. The molecule has 1 atom stereocenters. The van der Waals surface area contributed by atoms with Gasteiger partial charge >= 0.3 is 6.03 Å². The van der Waals surface area contributed by atoms with Gasteiger partial charge in [-0.05, 0) is 31.0 Å². The van der Waals surface area contributed by atoms with E-state index in [0.717, 1.165) is 29.0 Å². The fourth-order valence-electron chi connectivity index (χ4n) is 2.78. The summed E-state index contributed by atoms with van der Waals surface area (Å²) in [5.74, 6) is 1.71. The van der Waals surface area contributed by atoms with Crippen molar-refractivity contribution in [2.24, 2.45) is 0 Å². The third-order valence-electron chi connectivity index (χ3n) is 3.93. The van der Waals surface area contributed by atoms with Crippen LogP contribution in [0.2, 0.25) is 0 Å². The van der Waals surface area contributed by atoms with Crippen molar-refractivity contribution in [2.75, 3.05) is 13.2 Å². The summed E-state index contributed by atoms with van der Waals surface area (Å²) in [5.41, 5.74) is 2.08. The van der Waals surface area contributed by atoms with Crippen LogP contribution in [0.15, 0.2) is 48.5 Å². The normalized spacial score (nSPS) is 15.8. The Morgan fingerprint density at radius 3 is 2.88 bits per heavy atom. The van der Waals surface area contributed by atoms with Crippen LogP contribution < -0.4 is 20.1 Å². The lowest BCUT2D eigenvalue weighted by atomic mass is 10.0. The van der Waals surface area contributed by atoms with Gasteiger partial charge in [-0.25, -0.2) is 4.79 Å². The van der Waals surface area contributed by atoms with Crippen molar-refractivity contribution in [2.45, 2.75) is 25.9 Å². The predicted molar refractivity (Wildman–Crippen MR) is 92.4 cm³/mol. The maximum absolute atomic E-state index is 12.1. The molecule has 5 nitrogen and oxygen atoms in total. The molecule has 0 radical (unpaired) electrons. The summed E-state index contributed by atoms with van der Waals surface area (Å²) in [7, 11) is 0. The monoisotopic (exact) mass is 326 g/mol. The number of fused-ring (bicyclic) bond motifs is 1. The van der Waals surface area contributed by atoms with Crippen LogP contribution in [-0.2, 0) is 13.0 Å². The number of amides is 2. The Balaban J connectivity index is 1.52. The molecule has 0 saturated carbocycles. The lowest BCUT2D eigenvalue weighted by molar-refractivity contribution is 0.214. The third kappa shape index (κ3) is 3.98. The Kier molecular flexibility index (Phi) is 5.21. The van der Waals surface area contributed by atoms with E-state index in [1.54, 1.807) is 0 Å². The van der Waals surface area contributed by atoms with Gasteiger partial charge in [-0.1, -0.05) is 36.4 Å². The molecule has 0 spiro atoms. The zero-order chi connectivity index (χ0) is 16.8. The number of rotatable bonds is 5. The van der Waals surface area contributed by atoms with E-state index in [4.69, 9.17) is 9.47 Å². The topological polar surface area (TPSA) is 59.6 Å². The van der Waals surface area contributed by atoms with Gasteiger partial charge < -0.3 is 20.1 Å². The fraction of sp³-hybridized carbons (Fsp3) is 0.316. The molecule has 0 unspecified atom stereocenters. The zero-order valence-corrected chi connectivity index (χ0v) is 13.7. The van der Waals surface area contributed by atoms with Crippen molar-refractivity contribution >= 4 is 6.03 Å². The molecular weight excluding hydrogens is 304 g/mol. The Morgan fingerprint density at radius 1 is 1.21 bits per heavy atom. The first-order valence-corrected chi connectivity index (χ1v) is 8.22. The predicted octanol–water partition coefficient (Wildman–Crippen LogP) is 2.89. The molecule has 126 valence electrons. The molecule has 1 heterocycles. The van der Waals surface area contributed by atoms with E-state index in [1.165, 1.54) is 0 Å². The molecule has 0 fully saturated rings. The third-order valence-corrected chi connectivity index (χ3v) is 3.93. The molecular formula is C19H22N2O3. The van der Waals surface area contributed by atoms with E-state index < -0.39 is 0 Å². The number of urea groups is 1. The second kappa shape index (κ2) is 7.73. The smallest absolute Gasteiger partial charge is 0.315 e. The number of hydrogen-bond acceptors (Lipinski definition) is 3. The summed E-state index contributed by atoms with van der Waals surface area (Å²) < 4.78 is 11.3. The van der Waals surface area contributed by atoms with Gasteiger partial charge in [0.2, 0.25) is 0 Å². The number of benzene rings is 2. The minimum atomic E-state index is -0.200. The molecule has 5 heteroatoms. The quantitative estimate of drug-likeness (QED) is 0.888. The van der Waals surface area contributed by atoms with Crippen LogP contribution in [0.25, 0.3) is 0 Å². The Hall–Kier alpha value is -2.69. The molecule has 2 N–H and O–H groups in total. The van der Waals surface area contributed by atoms with Crippen molar-refractivity contribution in [1.82, 2.24) is 10.6 Å². The van der Waals surface area contributed by atoms with Gasteiger partial charge in [0.1, 0.15) is 18.1 Å². The number of para-hydroxylation sites is 2. The molecule has 2 amide bonds.